The molecule has 1 heterocycles. The molecule has 0 bridgehead atoms. The van der Waals surface area contributed by atoms with Gasteiger partial charge in [-0.3, -0.25) is 0 Å². The number of hydrogen-bond acceptors (Lipinski definition) is 4. The minimum absolute atomic E-state index is 0.0941. The lowest BCUT2D eigenvalue weighted by atomic mass is 10.0. The molecule has 5 heteroatoms. The number of benzene rings is 1. The number of aryl methyl sites for hydroxylation is 3. The molecule has 0 unspecified atom stereocenters. The zero-order valence-corrected chi connectivity index (χ0v) is 11.6. The van der Waals surface area contributed by atoms with E-state index in [1.165, 1.54) is 6.07 Å². The number of thiophene rings is 1. The highest BCUT2D eigenvalue weighted by atomic mass is 32.2. The standard InChI is InChI=1S/C13H14O3S2/c1-10-2-5-13(18(14,15)16)12(8-10)4-3-11-6-7-17-9-11/h2,5-9H,3-4H2,1H3,(H,14,15,16)/p-1. The van der Waals surface area contributed by atoms with E-state index in [0.717, 1.165) is 17.5 Å². The third kappa shape index (κ3) is 3.19. The summed E-state index contributed by atoms with van der Waals surface area (Å²) in [6, 6.07) is 6.84. The monoisotopic (exact) mass is 281 g/mol. The van der Waals surface area contributed by atoms with E-state index in [1.54, 1.807) is 23.5 Å². The zero-order valence-electron chi connectivity index (χ0n) is 9.92. The Morgan fingerprint density at radius 3 is 2.61 bits per heavy atom. The van der Waals surface area contributed by atoms with E-state index in [9.17, 15) is 13.0 Å². The van der Waals surface area contributed by atoms with Crippen LogP contribution in [0, 0.1) is 6.92 Å². The topological polar surface area (TPSA) is 57.2 Å². The largest absolute Gasteiger partial charge is 0.744 e. The summed E-state index contributed by atoms with van der Waals surface area (Å²) in [5.41, 5.74) is 2.73. The van der Waals surface area contributed by atoms with Gasteiger partial charge in [0, 0.05) is 0 Å². The molecule has 0 saturated carbocycles. The summed E-state index contributed by atoms with van der Waals surface area (Å²) in [5, 5.41) is 4.01. The van der Waals surface area contributed by atoms with Crippen molar-refractivity contribution in [3.8, 4) is 0 Å². The van der Waals surface area contributed by atoms with E-state index in [4.69, 9.17) is 0 Å². The Kier molecular flexibility index (Phi) is 3.85. The van der Waals surface area contributed by atoms with Crippen molar-refractivity contribution in [1.82, 2.24) is 0 Å². The summed E-state index contributed by atoms with van der Waals surface area (Å²) in [6.45, 7) is 1.88. The van der Waals surface area contributed by atoms with Gasteiger partial charge in [-0.25, -0.2) is 8.42 Å². The molecule has 0 spiro atoms. The molecule has 3 nitrogen and oxygen atoms in total. The summed E-state index contributed by atoms with van der Waals surface area (Å²) in [5.74, 6) is 0. The van der Waals surface area contributed by atoms with E-state index in [2.05, 4.69) is 0 Å². The molecule has 0 aliphatic heterocycles. The quantitative estimate of drug-likeness (QED) is 0.810. The van der Waals surface area contributed by atoms with Crippen LogP contribution in [0.3, 0.4) is 0 Å². The lowest BCUT2D eigenvalue weighted by Crippen LogP contribution is -2.05. The molecule has 1 aromatic heterocycles. The third-order valence-corrected chi connectivity index (χ3v) is 4.42. The Morgan fingerprint density at radius 2 is 2.00 bits per heavy atom. The maximum atomic E-state index is 11.2. The van der Waals surface area contributed by atoms with E-state index in [1.807, 2.05) is 23.8 Å². The molecule has 0 amide bonds. The molecule has 18 heavy (non-hydrogen) atoms. The van der Waals surface area contributed by atoms with Crippen molar-refractivity contribution in [2.24, 2.45) is 0 Å². The Labute approximate surface area is 111 Å². The minimum Gasteiger partial charge on any atom is -0.744 e. The summed E-state index contributed by atoms with van der Waals surface area (Å²) in [4.78, 5) is -0.0941. The molecule has 0 aliphatic carbocycles. The van der Waals surface area contributed by atoms with Crippen molar-refractivity contribution in [1.29, 1.82) is 0 Å². The van der Waals surface area contributed by atoms with Crippen molar-refractivity contribution in [2.75, 3.05) is 0 Å². The van der Waals surface area contributed by atoms with Crippen LogP contribution in [-0.4, -0.2) is 13.0 Å². The lowest BCUT2D eigenvalue weighted by Gasteiger charge is -2.13. The number of hydrogen-bond donors (Lipinski definition) is 0. The molecular formula is C13H13O3S2-. The van der Waals surface area contributed by atoms with Crippen LogP contribution in [0.15, 0.2) is 39.9 Å². The molecule has 0 saturated heterocycles. The average Bonchev–Trinajstić information content (AvgIpc) is 2.77. The van der Waals surface area contributed by atoms with Crippen molar-refractivity contribution in [3.63, 3.8) is 0 Å². The molecule has 96 valence electrons. The van der Waals surface area contributed by atoms with Gasteiger partial charge < -0.3 is 4.55 Å². The number of rotatable bonds is 4. The lowest BCUT2D eigenvalue weighted by molar-refractivity contribution is 0.462. The van der Waals surface area contributed by atoms with Gasteiger partial charge in [0.05, 0.1) is 4.90 Å². The molecule has 2 rings (SSSR count). The van der Waals surface area contributed by atoms with Crippen molar-refractivity contribution < 1.29 is 13.0 Å². The summed E-state index contributed by atoms with van der Waals surface area (Å²) >= 11 is 1.61. The average molecular weight is 281 g/mol. The summed E-state index contributed by atoms with van der Waals surface area (Å²) in [6.07, 6.45) is 1.31. The van der Waals surface area contributed by atoms with Gasteiger partial charge in [-0.2, -0.15) is 11.3 Å². The van der Waals surface area contributed by atoms with Crippen LogP contribution >= 0.6 is 11.3 Å². The molecule has 0 atom stereocenters. The first-order valence-electron chi connectivity index (χ1n) is 5.53. The summed E-state index contributed by atoms with van der Waals surface area (Å²) < 4.78 is 33.5. The highest BCUT2D eigenvalue weighted by Gasteiger charge is 2.09. The minimum atomic E-state index is -4.39. The highest BCUT2D eigenvalue weighted by Crippen LogP contribution is 2.20. The Morgan fingerprint density at radius 1 is 1.22 bits per heavy atom. The third-order valence-electron chi connectivity index (χ3n) is 2.75. The molecule has 0 radical (unpaired) electrons. The second-order valence-electron chi connectivity index (χ2n) is 4.20. The smallest absolute Gasteiger partial charge is 0.124 e. The highest BCUT2D eigenvalue weighted by molar-refractivity contribution is 7.85. The van der Waals surface area contributed by atoms with Crippen LogP contribution in [0.25, 0.3) is 0 Å². The van der Waals surface area contributed by atoms with Crippen LogP contribution in [0.4, 0.5) is 0 Å². The Hall–Kier alpha value is -1.17. The fraction of sp³-hybridized carbons (Fsp3) is 0.231. The fourth-order valence-corrected chi connectivity index (χ4v) is 3.28. The van der Waals surface area contributed by atoms with E-state index in [0.29, 0.717) is 12.0 Å². The van der Waals surface area contributed by atoms with Crippen LogP contribution in [0.2, 0.25) is 0 Å². The molecule has 0 fully saturated rings. The zero-order chi connectivity index (χ0) is 13.2. The van der Waals surface area contributed by atoms with Crippen LogP contribution < -0.4 is 0 Å². The van der Waals surface area contributed by atoms with Gasteiger partial charge in [-0.1, -0.05) is 17.7 Å². The first-order chi connectivity index (χ1) is 8.47. The maximum Gasteiger partial charge on any atom is 0.124 e. The fourth-order valence-electron chi connectivity index (χ4n) is 1.86. The maximum absolute atomic E-state index is 11.2. The van der Waals surface area contributed by atoms with Gasteiger partial charge in [-0.15, -0.1) is 0 Å². The van der Waals surface area contributed by atoms with Crippen molar-refractivity contribution in [3.05, 3.63) is 51.7 Å². The molecule has 0 aliphatic rings. The van der Waals surface area contributed by atoms with Gasteiger partial charge in [0.2, 0.25) is 0 Å². The predicted molar refractivity (Wildman–Crippen MR) is 70.9 cm³/mol. The van der Waals surface area contributed by atoms with Gasteiger partial charge in [-0.05, 0) is 53.8 Å². The molecular weight excluding hydrogens is 268 g/mol. The van der Waals surface area contributed by atoms with E-state index in [-0.39, 0.29) is 4.90 Å². The Balaban J connectivity index is 2.28. The normalized spacial score (nSPS) is 11.7. The Bertz CT molecular complexity index is 628. The van der Waals surface area contributed by atoms with Crippen LogP contribution in [0.5, 0.6) is 0 Å². The van der Waals surface area contributed by atoms with Gasteiger partial charge in [0.1, 0.15) is 10.1 Å². The van der Waals surface area contributed by atoms with Gasteiger partial charge in [0.25, 0.3) is 0 Å². The molecule has 0 N–H and O–H groups in total. The van der Waals surface area contributed by atoms with Crippen molar-refractivity contribution >= 4 is 21.5 Å². The summed E-state index contributed by atoms with van der Waals surface area (Å²) in [7, 11) is -4.39. The molecule has 2 aromatic rings. The first-order valence-corrected chi connectivity index (χ1v) is 7.88. The second kappa shape index (κ2) is 5.22. The van der Waals surface area contributed by atoms with Crippen molar-refractivity contribution in [2.45, 2.75) is 24.7 Å². The van der Waals surface area contributed by atoms with E-state index >= 15 is 0 Å². The second-order valence-corrected chi connectivity index (χ2v) is 6.33. The van der Waals surface area contributed by atoms with E-state index < -0.39 is 10.1 Å². The van der Waals surface area contributed by atoms with Gasteiger partial charge >= 0.3 is 0 Å². The SMILES string of the molecule is Cc1ccc(S(=O)(=O)[O-])c(CCc2ccsc2)c1. The van der Waals surface area contributed by atoms with Crippen LogP contribution in [0.1, 0.15) is 16.7 Å². The first kappa shape index (κ1) is 13.3. The van der Waals surface area contributed by atoms with Crippen LogP contribution in [-0.2, 0) is 23.0 Å². The predicted octanol–water partition coefficient (Wildman–Crippen LogP) is 2.75. The molecule has 1 aromatic carbocycles. The van der Waals surface area contributed by atoms with Gasteiger partial charge in [0.15, 0.2) is 0 Å².